The van der Waals surface area contributed by atoms with Gasteiger partial charge in [-0.05, 0) is 19.9 Å². The summed E-state index contributed by atoms with van der Waals surface area (Å²) in [6, 6.07) is 4.21. The topological polar surface area (TPSA) is 44.5 Å². The van der Waals surface area contributed by atoms with Gasteiger partial charge < -0.3 is 15.2 Å². The van der Waals surface area contributed by atoms with Crippen molar-refractivity contribution in [2.45, 2.75) is 19.9 Å². The highest BCUT2D eigenvalue weighted by Gasteiger charge is 2.09. The maximum Gasteiger partial charge on any atom is 0.127 e. The van der Waals surface area contributed by atoms with E-state index in [0.29, 0.717) is 25.6 Å². The molecule has 0 unspecified atom stereocenters. The number of halogens is 1. The van der Waals surface area contributed by atoms with Crippen molar-refractivity contribution in [1.82, 2.24) is 0 Å². The second kappa shape index (κ2) is 6.45. The van der Waals surface area contributed by atoms with Crippen molar-refractivity contribution in [1.29, 1.82) is 0 Å². The van der Waals surface area contributed by atoms with Gasteiger partial charge in [-0.3, -0.25) is 0 Å². The molecule has 0 spiro atoms. The first kappa shape index (κ1) is 12.9. The Labute approximate surface area is 95.4 Å². The van der Waals surface area contributed by atoms with E-state index in [0.717, 1.165) is 5.56 Å². The number of ether oxygens (including phenoxy) is 2. The molecule has 0 aliphatic carbocycles. The summed E-state index contributed by atoms with van der Waals surface area (Å²) in [7, 11) is 0. The Balaban J connectivity index is 2.65. The minimum absolute atomic E-state index is 0.178. The molecule has 0 saturated carbocycles. The molecule has 3 nitrogen and oxygen atoms in total. The first-order valence-electron chi connectivity index (χ1n) is 5.40. The fourth-order valence-electron chi connectivity index (χ4n) is 1.36. The summed E-state index contributed by atoms with van der Waals surface area (Å²) in [4.78, 5) is 0. The molecule has 0 aromatic heterocycles. The Morgan fingerprint density at radius 2 is 2.12 bits per heavy atom. The van der Waals surface area contributed by atoms with Crippen molar-refractivity contribution >= 4 is 0 Å². The third-order valence-corrected chi connectivity index (χ3v) is 2.16. The molecule has 1 aromatic rings. The van der Waals surface area contributed by atoms with Crippen LogP contribution >= 0.6 is 0 Å². The normalized spacial score (nSPS) is 12.5. The van der Waals surface area contributed by atoms with Gasteiger partial charge in [0.1, 0.15) is 18.2 Å². The zero-order valence-corrected chi connectivity index (χ0v) is 9.70. The molecule has 0 aliphatic rings. The van der Waals surface area contributed by atoms with Crippen LogP contribution in [0.2, 0.25) is 0 Å². The molecule has 0 heterocycles. The van der Waals surface area contributed by atoms with Crippen molar-refractivity contribution in [3.05, 3.63) is 29.6 Å². The van der Waals surface area contributed by atoms with Gasteiger partial charge in [-0.25, -0.2) is 4.39 Å². The van der Waals surface area contributed by atoms with Crippen LogP contribution in [0.5, 0.6) is 5.75 Å². The maximum absolute atomic E-state index is 13.0. The zero-order valence-electron chi connectivity index (χ0n) is 9.70. The second-order valence-corrected chi connectivity index (χ2v) is 3.52. The highest BCUT2D eigenvalue weighted by atomic mass is 19.1. The summed E-state index contributed by atoms with van der Waals surface area (Å²) in [5, 5.41) is 0. The SMILES string of the molecule is CCOCCOc1cc(F)ccc1[C@@H](C)N. The average Bonchev–Trinajstić information content (AvgIpc) is 2.24. The number of benzene rings is 1. The molecule has 0 radical (unpaired) electrons. The quantitative estimate of drug-likeness (QED) is 0.758. The Morgan fingerprint density at radius 1 is 1.38 bits per heavy atom. The van der Waals surface area contributed by atoms with Crippen LogP contribution < -0.4 is 10.5 Å². The van der Waals surface area contributed by atoms with E-state index in [1.165, 1.54) is 12.1 Å². The Morgan fingerprint density at radius 3 is 2.75 bits per heavy atom. The molecule has 4 heteroatoms. The van der Waals surface area contributed by atoms with Gasteiger partial charge >= 0.3 is 0 Å². The van der Waals surface area contributed by atoms with Gasteiger partial charge in [0.15, 0.2) is 0 Å². The largest absolute Gasteiger partial charge is 0.491 e. The van der Waals surface area contributed by atoms with Crippen LogP contribution in [0.15, 0.2) is 18.2 Å². The summed E-state index contributed by atoms with van der Waals surface area (Å²) in [6.45, 7) is 5.29. The summed E-state index contributed by atoms with van der Waals surface area (Å²) in [5.41, 5.74) is 6.56. The van der Waals surface area contributed by atoms with Gasteiger partial charge in [0.2, 0.25) is 0 Å². The summed E-state index contributed by atoms with van der Waals surface area (Å²) in [5.74, 6) is 0.172. The zero-order chi connectivity index (χ0) is 12.0. The van der Waals surface area contributed by atoms with Crippen molar-refractivity contribution < 1.29 is 13.9 Å². The summed E-state index contributed by atoms with van der Waals surface area (Å²) >= 11 is 0. The number of hydrogen-bond acceptors (Lipinski definition) is 3. The molecule has 0 saturated heterocycles. The molecule has 90 valence electrons. The lowest BCUT2D eigenvalue weighted by Crippen LogP contribution is -2.11. The lowest BCUT2D eigenvalue weighted by molar-refractivity contribution is 0.109. The predicted octanol–water partition coefficient (Wildman–Crippen LogP) is 2.26. The predicted molar refractivity (Wildman–Crippen MR) is 61.0 cm³/mol. The van der Waals surface area contributed by atoms with E-state index in [1.54, 1.807) is 6.07 Å². The van der Waals surface area contributed by atoms with Gasteiger partial charge in [0, 0.05) is 24.3 Å². The number of nitrogens with two attached hydrogens (primary N) is 1. The van der Waals surface area contributed by atoms with E-state index in [-0.39, 0.29) is 11.9 Å². The summed E-state index contributed by atoms with van der Waals surface area (Å²) in [6.07, 6.45) is 0. The molecule has 0 fully saturated rings. The number of rotatable bonds is 6. The Hall–Kier alpha value is -1.13. The molecule has 0 amide bonds. The van der Waals surface area contributed by atoms with Crippen LogP contribution in [-0.4, -0.2) is 19.8 Å². The van der Waals surface area contributed by atoms with Crippen LogP contribution in [0.4, 0.5) is 4.39 Å². The lowest BCUT2D eigenvalue weighted by atomic mass is 10.1. The highest BCUT2D eigenvalue weighted by Crippen LogP contribution is 2.24. The highest BCUT2D eigenvalue weighted by molar-refractivity contribution is 5.36. The first-order chi connectivity index (χ1) is 7.65. The fourth-order valence-corrected chi connectivity index (χ4v) is 1.36. The van der Waals surface area contributed by atoms with Gasteiger partial charge in [0.05, 0.1) is 6.61 Å². The standard InChI is InChI=1S/C12H18FNO2/c1-3-15-6-7-16-12-8-10(13)4-5-11(12)9(2)14/h4-5,8-9H,3,6-7,14H2,1-2H3/t9-/m1/s1. The molecule has 16 heavy (non-hydrogen) atoms. The molecule has 0 bridgehead atoms. The molecule has 1 rings (SSSR count). The lowest BCUT2D eigenvalue weighted by Gasteiger charge is -2.13. The minimum atomic E-state index is -0.323. The van der Waals surface area contributed by atoms with E-state index in [1.807, 2.05) is 13.8 Å². The second-order valence-electron chi connectivity index (χ2n) is 3.52. The van der Waals surface area contributed by atoms with Crippen molar-refractivity contribution in [3.8, 4) is 5.75 Å². The van der Waals surface area contributed by atoms with E-state index in [9.17, 15) is 4.39 Å². The average molecular weight is 227 g/mol. The smallest absolute Gasteiger partial charge is 0.127 e. The third kappa shape index (κ3) is 3.79. The molecule has 2 N–H and O–H groups in total. The monoisotopic (exact) mass is 227 g/mol. The van der Waals surface area contributed by atoms with E-state index < -0.39 is 0 Å². The minimum Gasteiger partial charge on any atom is -0.491 e. The Kier molecular flexibility index (Phi) is 5.22. The van der Waals surface area contributed by atoms with E-state index in [4.69, 9.17) is 15.2 Å². The first-order valence-corrected chi connectivity index (χ1v) is 5.40. The molecular formula is C12H18FNO2. The van der Waals surface area contributed by atoms with Crippen LogP contribution in [0, 0.1) is 5.82 Å². The van der Waals surface area contributed by atoms with E-state index in [2.05, 4.69) is 0 Å². The fraction of sp³-hybridized carbons (Fsp3) is 0.500. The molecule has 1 atom stereocenters. The molecule has 1 aromatic carbocycles. The maximum atomic E-state index is 13.0. The molecular weight excluding hydrogens is 209 g/mol. The van der Waals surface area contributed by atoms with Crippen LogP contribution in [0.1, 0.15) is 25.5 Å². The third-order valence-electron chi connectivity index (χ3n) is 2.16. The van der Waals surface area contributed by atoms with Crippen LogP contribution in [-0.2, 0) is 4.74 Å². The van der Waals surface area contributed by atoms with Crippen molar-refractivity contribution in [2.75, 3.05) is 19.8 Å². The summed E-state index contributed by atoms with van der Waals surface area (Å²) < 4.78 is 23.6. The van der Waals surface area contributed by atoms with Crippen LogP contribution in [0.3, 0.4) is 0 Å². The van der Waals surface area contributed by atoms with Crippen molar-refractivity contribution in [2.24, 2.45) is 5.73 Å². The number of hydrogen-bond donors (Lipinski definition) is 1. The van der Waals surface area contributed by atoms with Gasteiger partial charge in [-0.2, -0.15) is 0 Å². The van der Waals surface area contributed by atoms with Crippen LogP contribution in [0.25, 0.3) is 0 Å². The van der Waals surface area contributed by atoms with Gasteiger partial charge in [0.25, 0.3) is 0 Å². The van der Waals surface area contributed by atoms with Crippen molar-refractivity contribution in [3.63, 3.8) is 0 Å². The van der Waals surface area contributed by atoms with Gasteiger partial charge in [-0.1, -0.05) is 6.07 Å². The molecule has 0 aliphatic heterocycles. The van der Waals surface area contributed by atoms with Gasteiger partial charge in [-0.15, -0.1) is 0 Å². The van der Waals surface area contributed by atoms with E-state index >= 15 is 0 Å². The Bertz CT molecular complexity index is 329.